The highest BCUT2D eigenvalue weighted by molar-refractivity contribution is 5.85. The molecule has 0 saturated heterocycles. The first-order chi connectivity index (χ1) is 7.09. The van der Waals surface area contributed by atoms with E-state index in [9.17, 15) is 9.50 Å². The number of phenols is 1. The van der Waals surface area contributed by atoms with Crippen molar-refractivity contribution < 1.29 is 9.50 Å². The molecule has 1 aromatic carbocycles. The molecule has 0 aromatic heterocycles. The van der Waals surface area contributed by atoms with Crippen LogP contribution in [0.25, 0.3) is 0 Å². The highest BCUT2D eigenvalue weighted by Gasteiger charge is 2.26. The van der Waals surface area contributed by atoms with E-state index in [1.165, 1.54) is 25.0 Å². The Kier molecular flexibility index (Phi) is 3.99. The number of anilines is 1. The van der Waals surface area contributed by atoms with E-state index in [0.29, 0.717) is 11.5 Å². The van der Waals surface area contributed by atoms with Crippen molar-refractivity contribution in [3.8, 4) is 5.75 Å². The molecule has 1 atom stereocenters. The standard InChI is InChI=1S/C11H15FN2O.ClH/c12-8-4-3-7(11(15)10(8)14)9(13)5-6-1-2-6;/h3-4,6,9,15H,1-2,5,13-14H2;1H/t9-;/m1./s1. The zero-order valence-electron chi connectivity index (χ0n) is 8.82. The fourth-order valence-electron chi connectivity index (χ4n) is 1.74. The molecule has 0 amide bonds. The lowest BCUT2D eigenvalue weighted by molar-refractivity contribution is 0.453. The van der Waals surface area contributed by atoms with Crippen LogP contribution in [0, 0.1) is 11.7 Å². The van der Waals surface area contributed by atoms with Gasteiger partial charge in [-0.1, -0.05) is 18.9 Å². The Morgan fingerprint density at radius 1 is 1.44 bits per heavy atom. The Hall–Kier alpha value is -1.00. The summed E-state index contributed by atoms with van der Waals surface area (Å²) >= 11 is 0. The largest absolute Gasteiger partial charge is 0.505 e. The second kappa shape index (κ2) is 4.89. The van der Waals surface area contributed by atoms with Crippen LogP contribution >= 0.6 is 12.4 Å². The summed E-state index contributed by atoms with van der Waals surface area (Å²) in [5.74, 6) is -0.149. The van der Waals surface area contributed by atoms with E-state index in [1.54, 1.807) is 0 Å². The number of hydrogen-bond acceptors (Lipinski definition) is 3. The summed E-state index contributed by atoms with van der Waals surface area (Å²) in [7, 11) is 0. The molecule has 1 fully saturated rings. The van der Waals surface area contributed by atoms with Gasteiger partial charge in [0.25, 0.3) is 0 Å². The van der Waals surface area contributed by atoms with Crippen LogP contribution in [-0.4, -0.2) is 5.11 Å². The minimum atomic E-state index is -0.602. The van der Waals surface area contributed by atoms with E-state index in [1.807, 2.05) is 0 Å². The predicted octanol–water partition coefficient (Wildman–Crippen LogP) is 2.34. The van der Waals surface area contributed by atoms with Crippen molar-refractivity contribution in [3.63, 3.8) is 0 Å². The number of benzene rings is 1. The molecule has 1 aliphatic carbocycles. The molecule has 0 bridgehead atoms. The summed E-state index contributed by atoms with van der Waals surface area (Å²) in [6.45, 7) is 0. The molecule has 5 heteroatoms. The van der Waals surface area contributed by atoms with Crippen LogP contribution in [0.1, 0.15) is 30.9 Å². The van der Waals surface area contributed by atoms with E-state index in [4.69, 9.17) is 11.5 Å². The van der Waals surface area contributed by atoms with Crippen molar-refractivity contribution in [2.45, 2.75) is 25.3 Å². The fourth-order valence-corrected chi connectivity index (χ4v) is 1.74. The third kappa shape index (κ3) is 2.57. The summed E-state index contributed by atoms with van der Waals surface area (Å²) < 4.78 is 13.0. The highest BCUT2D eigenvalue weighted by atomic mass is 35.5. The zero-order valence-corrected chi connectivity index (χ0v) is 9.64. The number of rotatable bonds is 3. The SMILES string of the molecule is Cl.Nc1c(F)ccc([C@H](N)CC2CC2)c1O. The normalized spacial score (nSPS) is 16.6. The maximum absolute atomic E-state index is 13.0. The van der Waals surface area contributed by atoms with Crippen LogP contribution in [0.4, 0.5) is 10.1 Å². The number of halogens is 2. The van der Waals surface area contributed by atoms with Crippen LogP contribution in [0.15, 0.2) is 12.1 Å². The third-order valence-corrected chi connectivity index (χ3v) is 2.88. The van der Waals surface area contributed by atoms with Gasteiger partial charge in [-0.15, -0.1) is 12.4 Å². The number of nitrogen functional groups attached to an aromatic ring is 1. The number of phenolic OH excluding ortho intramolecular Hbond substituents is 1. The summed E-state index contributed by atoms with van der Waals surface area (Å²) in [6, 6.07) is 2.51. The molecule has 1 saturated carbocycles. The van der Waals surface area contributed by atoms with E-state index < -0.39 is 5.82 Å². The fraction of sp³-hybridized carbons (Fsp3) is 0.455. The van der Waals surface area contributed by atoms with Crippen molar-refractivity contribution >= 4 is 18.1 Å². The second-order valence-electron chi connectivity index (χ2n) is 4.18. The average molecular weight is 247 g/mol. The van der Waals surface area contributed by atoms with Crippen molar-refractivity contribution in [3.05, 3.63) is 23.5 Å². The van der Waals surface area contributed by atoms with Crippen LogP contribution in [0.3, 0.4) is 0 Å². The van der Waals surface area contributed by atoms with Gasteiger partial charge in [0, 0.05) is 11.6 Å². The van der Waals surface area contributed by atoms with Crippen molar-refractivity contribution in [1.82, 2.24) is 0 Å². The van der Waals surface area contributed by atoms with Crippen molar-refractivity contribution in [2.24, 2.45) is 11.7 Å². The second-order valence-corrected chi connectivity index (χ2v) is 4.18. The first-order valence-electron chi connectivity index (χ1n) is 5.12. The zero-order chi connectivity index (χ0) is 11.0. The average Bonchev–Trinajstić information content (AvgIpc) is 2.98. The van der Waals surface area contributed by atoms with Crippen molar-refractivity contribution in [2.75, 3.05) is 5.73 Å². The Labute approximate surface area is 100 Å². The minimum absolute atomic E-state index is 0. The summed E-state index contributed by atoms with van der Waals surface area (Å²) in [6.07, 6.45) is 3.23. The number of hydrogen-bond donors (Lipinski definition) is 3. The Morgan fingerprint density at radius 2 is 2.06 bits per heavy atom. The van der Waals surface area contributed by atoms with E-state index in [0.717, 1.165) is 6.42 Å². The topological polar surface area (TPSA) is 72.3 Å². The van der Waals surface area contributed by atoms with Crippen molar-refractivity contribution in [1.29, 1.82) is 0 Å². The Morgan fingerprint density at radius 3 is 2.62 bits per heavy atom. The first-order valence-corrected chi connectivity index (χ1v) is 5.12. The first kappa shape index (κ1) is 13.1. The molecule has 0 heterocycles. The number of aromatic hydroxyl groups is 1. The van der Waals surface area contributed by atoms with Gasteiger partial charge in [0.2, 0.25) is 0 Å². The van der Waals surface area contributed by atoms with E-state index in [-0.39, 0.29) is 29.9 Å². The quantitative estimate of drug-likeness (QED) is 0.566. The van der Waals surface area contributed by atoms with Crippen LogP contribution in [-0.2, 0) is 0 Å². The van der Waals surface area contributed by atoms with Crippen LogP contribution < -0.4 is 11.5 Å². The monoisotopic (exact) mass is 246 g/mol. The van der Waals surface area contributed by atoms with Gasteiger partial charge in [0.15, 0.2) is 0 Å². The van der Waals surface area contributed by atoms with Gasteiger partial charge in [0.1, 0.15) is 17.3 Å². The van der Waals surface area contributed by atoms with Crippen LogP contribution in [0.2, 0.25) is 0 Å². The minimum Gasteiger partial charge on any atom is -0.505 e. The molecule has 0 aliphatic heterocycles. The Balaban J connectivity index is 0.00000128. The van der Waals surface area contributed by atoms with Crippen LogP contribution in [0.5, 0.6) is 5.75 Å². The molecular formula is C11H16ClFN2O. The molecule has 5 N–H and O–H groups in total. The molecule has 16 heavy (non-hydrogen) atoms. The Bertz CT molecular complexity index is 382. The summed E-state index contributed by atoms with van der Waals surface area (Å²) in [4.78, 5) is 0. The molecule has 0 spiro atoms. The van der Waals surface area contributed by atoms with Gasteiger partial charge in [-0.2, -0.15) is 0 Å². The smallest absolute Gasteiger partial charge is 0.149 e. The van der Waals surface area contributed by atoms with Gasteiger partial charge in [0.05, 0.1) is 0 Å². The predicted molar refractivity (Wildman–Crippen MR) is 64.0 cm³/mol. The van der Waals surface area contributed by atoms with Gasteiger partial charge >= 0.3 is 0 Å². The molecule has 90 valence electrons. The molecule has 2 rings (SSSR count). The lowest BCUT2D eigenvalue weighted by atomic mass is 10.0. The molecule has 1 aromatic rings. The molecule has 1 aliphatic rings. The molecule has 0 radical (unpaired) electrons. The number of nitrogens with two attached hydrogens (primary N) is 2. The van der Waals surface area contributed by atoms with Gasteiger partial charge in [-0.05, 0) is 18.4 Å². The van der Waals surface area contributed by atoms with E-state index >= 15 is 0 Å². The molecular weight excluding hydrogens is 231 g/mol. The highest BCUT2D eigenvalue weighted by Crippen LogP contribution is 2.40. The molecule has 0 unspecified atom stereocenters. The van der Waals surface area contributed by atoms with E-state index in [2.05, 4.69) is 0 Å². The summed E-state index contributed by atoms with van der Waals surface area (Å²) in [5, 5.41) is 9.64. The summed E-state index contributed by atoms with van der Waals surface area (Å²) in [5.41, 5.74) is 11.6. The lowest BCUT2D eigenvalue weighted by Gasteiger charge is -2.14. The van der Waals surface area contributed by atoms with Gasteiger partial charge < -0.3 is 16.6 Å². The van der Waals surface area contributed by atoms with Gasteiger partial charge in [-0.3, -0.25) is 0 Å². The molecule has 3 nitrogen and oxygen atoms in total. The lowest BCUT2D eigenvalue weighted by Crippen LogP contribution is -2.12. The third-order valence-electron chi connectivity index (χ3n) is 2.88. The maximum Gasteiger partial charge on any atom is 0.149 e. The van der Waals surface area contributed by atoms with Gasteiger partial charge in [-0.25, -0.2) is 4.39 Å². The maximum atomic E-state index is 13.0.